The first-order chi connectivity index (χ1) is 13.6. The molecule has 0 radical (unpaired) electrons. The molecule has 0 spiro atoms. The Labute approximate surface area is 160 Å². The smallest absolute Gasteiger partial charge is 0.256 e. The van der Waals surface area contributed by atoms with Gasteiger partial charge in [-0.05, 0) is 43.3 Å². The van der Waals surface area contributed by atoms with Crippen LogP contribution in [0.2, 0.25) is 0 Å². The van der Waals surface area contributed by atoms with Crippen LogP contribution < -0.4 is 15.6 Å². The van der Waals surface area contributed by atoms with E-state index in [2.05, 4.69) is 15.3 Å². The van der Waals surface area contributed by atoms with Gasteiger partial charge in [0.15, 0.2) is 0 Å². The van der Waals surface area contributed by atoms with Gasteiger partial charge in [-0.15, -0.1) is 0 Å². The van der Waals surface area contributed by atoms with E-state index in [-0.39, 0.29) is 36.3 Å². The molecule has 8 heteroatoms. The van der Waals surface area contributed by atoms with Crippen molar-refractivity contribution in [1.29, 1.82) is 0 Å². The summed E-state index contributed by atoms with van der Waals surface area (Å²) >= 11 is 0. The summed E-state index contributed by atoms with van der Waals surface area (Å²) in [6.07, 6.45) is 2.96. The molecule has 0 unspecified atom stereocenters. The average Bonchev–Trinajstić information content (AvgIpc) is 2.70. The highest BCUT2D eigenvalue weighted by Gasteiger charge is 2.12. The summed E-state index contributed by atoms with van der Waals surface area (Å²) in [7, 11) is 0. The van der Waals surface area contributed by atoms with Crippen molar-refractivity contribution in [2.45, 2.75) is 13.5 Å². The molecular weight excluding hydrogens is 363 g/mol. The van der Waals surface area contributed by atoms with E-state index in [4.69, 9.17) is 4.74 Å². The highest BCUT2D eigenvalue weighted by Crippen LogP contribution is 2.15. The van der Waals surface area contributed by atoms with Gasteiger partial charge in [-0.3, -0.25) is 14.2 Å². The quantitative estimate of drug-likeness (QED) is 0.678. The Morgan fingerprint density at radius 1 is 1.21 bits per heavy atom. The summed E-state index contributed by atoms with van der Waals surface area (Å²) in [6.45, 7) is 2.70. The third-order valence-electron chi connectivity index (χ3n) is 3.95. The molecule has 2 aromatic heterocycles. The van der Waals surface area contributed by atoms with Gasteiger partial charge in [0.25, 0.3) is 11.5 Å². The van der Waals surface area contributed by atoms with Crippen LogP contribution >= 0.6 is 0 Å². The van der Waals surface area contributed by atoms with E-state index >= 15 is 0 Å². The van der Waals surface area contributed by atoms with Crippen molar-refractivity contribution in [3.05, 3.63) is 76.7 Å². The van der Waals surface area contributed by atoms with Gasteiger partial charge in [-0.2, -0.15) is 0 Å². The first-order valence-electron chi connectivity index (χ1n) is 8.77. The summed E-state index contributed by atoms with van der Waals surface area (Å²) in [4.78, 5) is 32.9. The van der Waals surface area contributed by atoms with E-state index in [9.17, 15) is 14.0 Å². The van der Waals surface area contributed by atoms with Crippen LogP contribution in [0.5, 0.6) is 5.88 Å². The summed E-state index contributed by atoms with van der Waals surface area (Å²) in [5.74, 6) is -0.417. The highest BCUT2D eigenvalue weighted by molar-refractivity contribution is 5.96. The molecule has 0 aliphatic carbocycles. The van der Waals surface area contributed by atoms with Crippen molar-refractivity contribution in [3.8, 4) is 17.1 Å². The number of hydrogen-bond donors (Lipinski definition) is 1. The molecule has 2 heterocycles. The molecule has 28 heavy (non-hydrogen) atoms. The largest absolute Gasteiger partial charge is 0.477 e. The van der Waals surface area contributed by atoms with Gasteiger partial charge in [0, 0.05) is 30.9 Å². The third kappa shape index (κ3) is 4.59. The molecule has 0 saturated heterocycles. The minimum atomic E-state index is -0.353. The lowest BCUT2D eigenvalue weighted by atomic mass is 10.1. The fourth-order valence-corrected chi connectivity index (χ4v) is 2.57. The number of aromatic nitrogens is 3. The normalized spacial score (nSPS) is 10.5. The number of hydrogen-bond acceptors (Lipinski definition) is 5. The molecule has 144 valence electrons. The van der Waals surface area contributed by atoms with Crippen LogP contribution in [0, 0.1) is 5.82 Å². The minimum Gasteiger partial charge on any atom is -0.477 e. The van der Waals surface area contributed by atoms with Crippen molar-refractivity contribution in [2.75, 3.05) is 13.2 Å². The number of rotatable bonds is 7. The molecule has 0 bridgehead atoms. The zero-order valence-electron chi connectivity index (χ0n) is 15.3. The molecule has 3 rings (SSSR count). The maximum atomic E-state index is 13.0. The molecule has 1 amide bonds. The number of halogens is 1. The number of nitrogens with zero attached hydrogens (tertiary/aromatic N) is 3. The van der Waals surface area contributed by atoms with E-state index in [1.54, 1.807) is 30.5 Å². The molecule has 0 aliphatic heterocycles. The van der Waals surface area contributed by atoms with Crippen LogP contribution in [0.1, 0.15) is 17.3 Å². The van der Waals surface area contributed by atoms with Gasteiger partial charge in [0.05, 0.1) is 18.6 Å². The van der Waals surface area contributed by atoms with Crippen molar-refractivity contribution >= 4 is 5.91 Å². The molecule has 1 N–H and O–H groups in total. The minimum absolute atomic E-state index is 0.233. The van der Waals surface area contributed by atoms with Gasteiger partial charge in [-0.25, -0.2) is 14.4 Å². The number of pyridine rings is 1. The number of benzene rings is 1. The van der Waals surface area contributed by atoms with Crippen LogP contribution in [0.4, 0.5) is 4.39 Å². The number of amides is 1. The van der Waals surface area contributed by atoms with Gasteiger partial charge in [0.1, 0.15) is 11.4 Å². The monoisotopic (exact) mass is 382 g/mol. The fraction of sp³-hybridized carbons (Fsp3) is 0.200. The first-order valence-corrected chi connectivity index (χ1v) is 8.77. The number of ether oxygens (including phenoxy) is 1. The van der Waals surface area contributed by atoms with Crippen LogP contribution in [-0.4, -0.2) is 33.6 Å². The summed E-state index contributed by atoms with van der Waals surface area (Å²) < 4.78 is 19.7. The lowest BCUT2D eigenvalue weighted by Gasteiger charge is -2.10. The Hall–Kier alpha value is -3.55. The van der Waals surface area contributed by atoms with Gasteiger partial charge in [0.2, 0.25) is 5.88 Å². The second-order valence-electron chi connectivity index (χ2n) is 5.86. The number of nitrogens with one attached hydrogen (secondary N) is 1. The third-order valence-corrected chi connectivity index (χ3v) is 3.95. The van der Waals surface area contributed by atoms with Crippen LogP contribution in [0.15, 0.2) is 59.8 Å². The predicted octanol–water partition coefficient (Wildman–Crippen LogP) is 2.27. The topological polar surface area (TPSA) is 86.1 Å². The second kappa shape index (κ2) is 8.90. The van der Waals surface area contributed by atoms with E-state index in [1.165, 1.54) is 29.1 Å². The van der Waals surface area contributed by atoms with Gasteiger partial charge < -0.3 is 10.1 Å². The summed E-state index contributed by atoms with van der Waals surface area (Å²) in [6, 6.07) is 10.4. The average molecular weight is 382 g/mol. The van der Waals surface area contributed by atoms with Crippen molar-refractivity contribution in [1.82, 2.24) is 19.9 Å². The van der Waals surface area contributed by atoms with Crippen LogP contribution in [-0.2, 0) is 6.54 Å². The molecule has 0 atom stereocenters. The maximum Gasteiger partial charge on any atom is 0.256 e. The van der Waals surface area contributed by atoms with E-state index in [0.29, 0.717) is 23.4 Å². The predicted molar refractivity (Wildman–Crippen MR) is 102 cm³/mol. The van der Waals surface area contributed by atoms with E-state index in [1.807, 2.05) is 6.92 Å². The number of carbonyl (C=O) groups is 1. The molecule has 3 aromatic rings. The molecule has 0 saturated carbocycles. The first kappa shape index (κ1) is 19.2. The van der Waals surface area contributed by atoms with Gasteiger partial charge >= 0.3 is 0 Å². The Morgan fingerprint density at radius 3 is 2.71 bits per heavy atom. The lowest BCUT2D eigenvalue weighted by molar-refractivity contribution is 0.0947. The van der Waals surface area contributed by atoms with Crippen LogP contribution in [0.25, 0.3) is 11.3 Å². The Balaban J connectivity index is 1.63. The Bertz CT molecular complexity index is 1020. The summed E-state index contributed by atoms with van der Waals surface area (Å²) in [5, 5.41) is 2.74. The molecule has 7 nitrogen and oxygen atoms in total. The van der Waals surface area contributed by atoms with E-state index in [0.717, 1.165) is 0 Å². The van der Waals surface area contributed by atoms with Crippen LogP contribution in [0.3, 0.4) is 0 Å². The Morgan fingerprint density at radius 2 is 2.00 bits per heavy atom. The zero-order valence-corrected chi connectivity index (χ0v) is 15.3. The van der Waals surface area contributed by atoms with Gasteiger partial charge in [-0.1, -0.05) is 0 Å². The molecule has 1 aromatic carbocycles. The van der Waals surface area contributed by atoms with E-state index < -0.39 is 0 Å². The Kier molecular flexibility index (Phi) is 6.11. The fourth-order valence-electron chi connectivity index (χ4n) is 2.57. The molecule has 0 aliphatic rings. The second-order valence-corrected chi connectivity index (χ2v) is 5.86. The van der Waals surface area contributed by atoms with Crippen molar-refractivity contribution in [3.63, 3.8) is 0 Å². The standard InChI is InChI=1S/C20H19FN4O3/c1-2-28-20-16(4-3-9-23-20)19(27)22-10-11-25-13-24-17(12-18(25)26)14-5-7-15(21)8-6-14/h3-9,12-13H,2,10-11H2,1H3,(H,22,27). The summed E-state index contributed by atoms with van der Waals surface area (Å²) in [5.41, 5.74) is 1.18. The van der Waals surface area contributed by atoms with Crippen molar-refractivity contribution < 1.29 is 13.9 Å². The SMILES string of the molecule is CCOc1ncccc1C(=O)NCCn1cnc(-c2ccc(F)cc2)cc1=O. The highest BCUT2D eigenvalue weighted by atomic mass is 19.1. The lowest BCUT2D eigenvalue weighted by Crippen LogP contribution is -2.31. The number of carbonyl (C=O) groups excluding carboxylic acids is 1. The zero-order chi connectivity index (χ0) is 19.9. The van der Waals surface area contributed by atoms with Crippen molar-refractivity contribution in [2.24, 2.45) is 0 Å². The molecule has 0 fully saturated rings. The maximum absolute atomic E-state index is 13.0. The molecular formula is C20H19FN4O3.